The Morgan fingerprint density at radius 2 is 2.00 bits per heavy atom. The Bertz CT molecular complexity index is 653. The zero-order valence-electron chi connectivity index (χ0n) is 12.0. The van der Waals surface area contributed by atoms with Crippen LogP contribution in [0.15, 0.2) is 12.1 Å². The fourth-order valence-corrected chi connectivity index (χ4v) is 3.58. The van der Waals surface area contributed by atoms with Gasteiger partial charge in [0.2, 0.25) is 0 Å². The fourth-order valence-electron chi connectivity index (χ4n) is 3.06. The summed E-state index contributed by atoms with van der Waals surface area (Å²) in [5, 5.41) is 1.09. The van der Waals surface area contributed by atoms with Crippen molar-refractivity contribution >= 4 is 45.8 Å². The Morgan fingerprint density at radius 1 is 1.24 bits per heavy atom. The summed E-state index contributed by atoms with van der Waals surface area (Å²) < 4.78 is 2.19. The van der Waals surface area contributed by atoms with Gasteiger partial charge in [0.25, 0.3) is 0 Å². The first-order valence-corrected chi connectivity index (χ1v) is 8.49. The van der Waals surface area contributed by atoms with Gasteiger partial charge in [0, 0.05) is 12.6 Å². The molecule has 21 heavy (non-hydrogen) atoms. The largest absolute Gasteiger partial charge is 0.325 e. The molecule has 0 spiro atoms. The normalized spacial score (nSPS) is 20.3. The smallest absolute Gasteiger partial charge is 0.124 e. The minimum Gasteiger partial charge on any atom is -0.325 e. The van der Waals surface area contributed by atoms with Crippen molar-refractivity contribution in [2.24, 2.45) is 0 Å². The molecule has 1 saturated heterocycles. The SMILES string of the molecule is CN1CCCCC1Cn1c(CCl)nc2cc(Cl)c(Cl)cc21. The molecule has 1 aromatic heterocycles. The molecule has 1 aliphatic rings. The second-order valence-corrected chi connectivity index (χ2v) is 6.74. The van der Waals surface area contributed by atoms with E-state index < -0.39 is 0 Å². The quantitative estimate of drug-likeness (QED) is 0.759. The van der Waals surface area contributed by atoms with Crippen LogP contribution in [-0.4, -0.2) is 34.1 Å². The number of aromatic nitrogens is 2. The zero-order valence-corrected chi connectivity index (χ0v) is 14.2. The number of hydrogen-bond donors (Lipinski definition) is 0. The number of likely N-dealkylation sites (N-methyl/N-ethyl adjacent to an activating group) is 1. The average Bonchev–Trinajstić information content (AvgIpc) is 2.79. The van der Waals surface area contributed by atoms with E-state index in [1.807, 2.05) is 12.1 Å². The van der Waals surface area contributed by atoms with E-state index in [0.717, 1.165) is 29.9 Å². The molecule has 0 amide bonds. The second-order valence-electron chi connectivity index (χ2n) is 5.66. The van der Waals surface area contributed by atoms with E-state index in [4.69, 9.17) is 34.8 Å². The maximum atomic E-state index is 6.17. The Labute approximate surface area is 139 Å². The third kappa shape index (κ3) is 3.02. The van der Waals surface area contributed by atoms with E-state index >= 15 is 0 Å². The molecule has 0 radical (unpaired) electrons. The highest BCUT2D eigenvalue weighted by Gasteiger charge is 2.22. The van der Waals surface area contributed by atoms with E-state index in [1.54, 1.807) is 0 Å². The van der Waals surface area contributed by atoms with Crippen LogP contribution in [0.1, 0.15) is 25.1 Å². The molecule has 3 nitrogen and oxygen atoms in total. The van der Waals surface area contributed by atoms with Crippen LogP contribution in [0.4, 0.5) is 0 Å². The zero-order chi connectivity index (χ0) is 15.0. The van der Waals surface area contributed by atoms with Gasteiger partial charge in [0.15, 0.2) is 0 Å². The molecule has 6 heteroatoms. The number of hydrogen-bond acceptors (Lipinski definition) is 2. The lowest BCUT2D eigenvalue weighted by molar-refractivity contribution is 0.168. The van der Waals surface area contributed by atoms with E-state index in [9.17, 15) is 0 Å². The van der Waals surface area contributed by atoms with E-state index in [0.29, 0.717) is 22.0 Å². The molecular formula is C15H18Cl3N3. The van der Waals surface area contributed by atoms with Crippen LogP contribution in [0, 0.1) is 0 Å². The topological polar surface area (TPSA) is 21.1 Å². The third-order valence-corrected chi connectivity index (χ3v) is 5.26. The number of fused-ring (bicyclic) bond motifs is 1. The number of benzene rings is 1. The Morgan fingerprint density at radius 3 is 2.71 bits per heavy atom. The van der Waals surface area contributed by atoms with Gasteiger partial charge in [-0.05, 0) is 38.6 Å². The number of rotatable bonds is 3. The minimum absolute atomic E-state index is 0.389. The van der Waals surface area contributed by atoms with Gasteiger partial charge in [-0.1, -0.05) is 29.6 Å². The predicted molar refractivity (Wildman–Crippen MR) is 89.6 cm³/mol. The standard InChI is InChI=1S/C15H18Cl3N3/c1-20-5-3-2-4-10(20)9-21-14-7-12(18)11(17)6-13(14)19-15(21)8-16/h6-7,10H,2-5,8-9H2,1H3. The summed E-state index contributed by atoms with van der Waals surface area (Å²) in [5.74, 6) is 1.27. The van der Waals surface area contributed by atoms with E-state index in [1.165, 1.54) is 19.3 Å². The van der Waals surface area contributed by atoms with Gasteiger partial charge < -0.3 is 9.47 Å². The van der Waals surface area contributed by atoms with Gasteiger partial charge in [-0.25, -0.2) is 4.98 Å². The molecule has 1 atom stereocenters. The Hall–Kier alpha value is -0.480. The van der Waals surface area contributed by atoms with Crippen LogP contribution >= 0.6 is 34.8 Å². The molecule has 2 heterocycles. The number of imidazole rings is 1. The lowest BCUT2D eigenvalue weighted by atomic mass is 10.0. The Balaban J connectivity index is 2.01. The van der Waals surface area contributed by atoms with E-state index in [-0.39, 0.29) is 0 Å². The molecule has 114 valence electrons. The molecule has 1 aliphatic heterocycles. The first-order chi connectivity index (χ1) is 10.1. The van der Waals surface area contributed by atoms with Gasteiger partial charge in [0.05, 0.1) is 27.0 Å². The number of alkyl halides is 1. The van der Waals surface area contributed by atoms with Crippen molar-refractivity contribution in [1.29, 1.82) is 0 Å². The second kappa shape index (κ2) is 6.33. The molecule has 3 rings (SSSR count). The third-order valence-electron chi connectivity index (χ3n) is 4.30. The molecule has 1 aromatic carbocycles. The van der Waals surface area contributed by atoms with Crippen LogP contribution in [-0.2, 0) is 12.4 Å². The molecule has 1 fully saturated rings. The maximum absolute atomic E-state index is 6.17. The lowest BCUT2D eigenvalue weighted by Crippen LogP contribution is -2.39. The van der Waals surface area contributed by atoms with Crippen LogP contribution in [0.2, 0.25) is 10.0 Å². The van der Waals surface area contributed by atoms with Gasteiger partial charge >= 0.3 is 0 Å². The van der Waals surface area contributed by atoms with Gasteiger partial charge in [-0.2, -0.15) is 0 Å². The van der Waals surface area contributed by atoms with Crippen molar-refractivity contribution in [3.05, 3.63) is 28.0 Å². The number of nitrogens with zero attached hydrogens (tertiary/aromatic N) is 3. The summed E-state index contributed by atoms with van der Waals surface area (Å²) in [6.45, 7) is 2.05. The van der Waals surface area contributed by atoms with Gasteiger partial charge in [0.1, 0.15) is 5.82 Å². The maximum Gasteiger partial charge on any atom is 0.124 e. The van der Waals surface area contributed by atoms with Crippen molar-refractivity contribution in [2.45, 2.75) is 37.7 Å². The highest BCUT2D eigenvalue weighted by molar-refractivity contribution is 6.42. The number of halogens is 3. The summed E-state index contributed by atoms with van der Waals surface area (Å²) in [7, 11) is 2.19. The van der Waals surface area contributed by atoms with Crippen molar-refractivity contribution < 1.29 is 0 Å². The molecule has 0 saturated carbocycles. The summed E-state index contributed by atoms with van der Waals surface area (Å²) >= 11 is 18.3. The summed E-state index contributed by atoms with van der Waals surface area (Å²) in [6.07, 6.45) is 3.77. The van der Waals surface area contributed by atoms with Crippen molar-refractivity contribution in [1.82, 2.24) is 14.5 Å². The summed E-state index contributed by atoms with van der Waals surface area (Å²) in [4.78, 5) is 7.01. The number of likely N-dealkylation sites (tertiary alicyclic amines) is 1. The number of piperidine rings is 1. The average molecular weight is 347 g/mol. The summed E-state index contributed by atoms with van der Waals surface area (Å²) in [5.41, 5.74) is 1.87. The molecule has 0 aliphatic carbocycles. The van der Waals surface area contributed by atoms with Crippen LogP contribution < -0.4 is 0 Å². The first kappa shape index (κ1) is 15.4. The lowest BCUT2D eigenvalue weighted by Gasteiger charge is -2.33. The van der Waals surface area contributed by atoms with Crippen molar-refractivity contribution in [2.75, 3.05) is 13.6 Å². The highest BCUT2D eigenvalue weighted by Crippen LogP contribution is 2.29. The highest BCUT2D eigenvalue weighted by atomic mass is 35.5. The molecule has 2 aromatic rings. The van der Waals surface area contributed by atoms with Crippen LogP contribution in [0.5, 0.6) is 0 Å². The van der Waals surface area contributed by atoms with Gasteiger partial charge in [-0.3, -0.25) is 0 Å². The molecular weight excluding hydrogens is 329 g/mol. The van der Waals surface area contributed by atoms with Crippen molar-refractivity contribution in [3.8, 4) is 0 Å². The minimum atomic E-state index is 0.389. The monoisotopic (exact) mass is 345 g/mol. The van der Waals surface area contributed by atoms with Gasteiger partial charge in [-0.15, -0.1) is 11.6 Å². The predicted octanol–water partition coefficient (Wildman–Crippen LogP) is 4.57. The van der Waals surface area contributed by atoms with E-state index in [2.05, 4.69) is 21.5 Å². The summed E-state index contributed by atoms with van der Waals surface area (Å²) in [6, 6.07) is 4.23. The Kier molecular flexibility index (Phi) is 4.65. The fraction of sp³-hybridized carbons (Fsp3) is 0.533. The van der Waals surface area contributed by atoms with Crippen molar-refractivity contribution in [3.63, 3.8) is 0 Å². The van der Waals surface area contributed by atoms with Crippen LogP contribution in [0.3, 0.4) is 0 Å². The molecule has 1 unspecified atom stereocenters. The molecule has 0 bridgehead atoms. The first-order valence-electron chi connectivity index (χ1n) is 7.20. The molecule has 0 N–H and O–H groups in total. The van der Waals surface area contributed by atoms with Crippen LogP contribution in [0.25, 0.3) is 11.0 Å².